The predicted octanol–water partition coefficient (Wildman–Crippen LogP) is 3.51. The Morgan fingerprint density at radius 1 is 1.11 bits per heavy atom. The van der Waals surface area contributed by atoms with Crippen LogP contribution >= 0.6 is 0 Å². The first-order valence-corrected chi connectivity index (χ1v) is 9.46. The van der Waals surface area contributed by atoms with Crippen molar-refractivity contribution in [3.05, 3.63) is 53.6 Å². The number of rotatable bonds is 5. The molecule has 1 saturated heterocycles. The van der Waals surface area contributed by atoms with Gasteiger partial charge in [0.05, 0.1) is 5.92 Å². The van der Waals surface area contributed by atoms with Gasteiger partial charge in [-0.3, -0.25) is 14.4 Å². The molecule has 146 valence electrons. The highest BCUT2D eigenvalue weighted by Crippen LogP contribution is 2.28. The monoisotopic (exact) mass is 379 g/mol. The van der Waals surface area contributed by atoms with Crippen LogP contribution in [0.4, 0.5) is 17.1 Å². The molecule has 0 spiro atoms. The third kappa shape index (κ3) is 4.22. The zero-order chi connectivity index (χ0) is 20.3. The SMILES string of the molecule is CCc1cccc(N2C[C@@H](C(=O)Nc3cccc(NC(C)=O)c3C)CC2=O)c1. The van der Waals surface area contributed by atoms with E-state index in [1.54, 1.807) is 23.1 Å². The van der Waals surface area contributed by atoms with E-state index in [-0.39, 0.29) is 24.1 Å². The lowest BCUT2D eigenvalue weighted by atomic mass is 10.1. The van der Waals surface area contributed by atoms with Crippen molar-refractivity contribution in [2.45, 2.75) is 33.6 Å². The van der Waals surface area contributed by atoms with Crippen molar-refractivity contribution in [1.29, 1.82) is 0 Å². The Balaban J connectivity index is 1.72. The zero-order valence-corrected chi connectivity index (χ0v) is 16.4. The largest absolute Gasteiger partial charge is 0.326 e. The van der Waals surface area contributed by atoms with Crippen LogP contribution in [0.2, 0.25) is 0 Å². The lowest BCUT2D eigenvalue weighted by Gasteiger charge is -2.18. The fraction of sp³-hybridized carbons (Fsp3) is 0.318. The van der Waals surface area contributed by atoms with Gasteiger partial charge in [-0.25, -0.2) is 0 Å². The summed E-state index contributed by atoms with van der Waals surface area (Å²) in [6, 6.07) is 13.2. The van der Waals surface area contributed by atoms with Crippen LogP contribution in [0, 0.1) is 12.8 Å². The van der Waals surface area contributed by atoms with E-state index in [2.05, 4.69) is 17.6 Å². The number of carbonyl (C=O) groups is 3. The van der Waals surface area contributed by atoms with E-state index in [9.17, 15) is 14.4 Å². The highest BCUT2D eigenvalue weighted by molar-refractivity contribution is 6.04. The number of benzene rings is 2. The number of nitrogens with one attached hydrogen (secondary N) is 2. The van der Waals surface area contributed by atoms with Gasteiger partial charge in [0, 0.05) is 37.0 Å². The molecule has 6 nitrogen and oxygen atoms in total. The molecule has 3 rings (SSSR count). The van der Waals surface area contributed by atoms with E-state index in [1.165, 1.54) is 6.92 Å². The topological polar surface area (TPSA) is 78.5 Å². The molecule has 2 aromatic rings. The number of hydrogen-bond donors (Lipinski definition) is 2. The highest BCUT2D eigenvalue weighted by Gasteiger charge is 2.35. The number of carbonyl (C=O) groups excluding carboxylic acids is 3. The molecule has 1 aliphatic heterocycles. The van der Waals surface area contributed by atoms with E-state index < -0.39 is 5.92 Å². The molecule has 1 heterocycles. The van der Waals surface area contributed by atoms with Crippen molar-refractivity contribution in [3.8, 4) is 0 Å². The molecule has 1 atom stereocenters. The van der Waals surface area contributed by atoms with Gasteiger partial charge in [-0.15, -0.1) is 0 Å². The van der Waals surface area contributed by atoms with E-state index in [4.69, 9.17) is 0 Å². The van der Waals surface area contributed by atoms with E-state index in [1.807, 2.05) is 31.2 Å². The molecule has 6 heteroatoms. The number of aryl methyl sites for hydroxylation is 1. The van der Waals surface area contributed by atoms with Crippen molar-refractivity contribution >= 4 is 34.8 Å². The first-order chi connectivity index (χ1) is 13.4. The Bertz CT molecular complexity index is 923. The second-order valence-electron chi connectivity index (χ2n) is 7.08. The second kappa shape index (κ2) is 8.25. The minimum absolute atomic E-state index is 0.0443. The number of nitrogens with zero attached hydrogens (tertiary/aromatic N) is 1. The summed E-state index contributed by atoms with van der Waals surface area (Å²) in [5.74, 6) is -0.817. The molecule has 28 heavy (non-hydrogen) atoms. The smallest absolute Gasteiger partial charge is 0.229 e. The van der Waals surface area contributed by atoms with E-state index >= 15 is 0 Å². The van der Waals surface area contributed by atoms with Crippen LogP contribution in [-0.2, 0) is 20.8 Å². The third-order valence-corrected chi connectivity index (χ3v) is 5.03. The van der Waals surface area contributed by atoms with E-state index in [0.717, 1.165) is 23.2 Å². The van der Waals surface area contributed by atoms with Gasteiger partial charge in [0.1, 0.15) is 0 Å². The van der Waals surface area contributed by atoms with Crippen molar-refractivity contribution in [2.24, 2.45) is 5.92 Å². The predicted molar refractivity (Wildman–Crippen MR) is 110 cm³/mol. The first-order valence-electron chi connectivity index (χ1n) is 9.46. The molecular weight excluding hydrogens is 354 g/mol. The van der Waals surface area contributed by atoms with Crippen LogP contribution in [0.25, 0.3) is 0 Å². The maximum Gasteiger partial charge on any atom is 0.229 e. The van der Waals surface area contributed by atoms with Crippen molar-refractivity contribution in [1.82, 2.24) is 0 Å². The molecule has 2 aromatic carbocycles. The summed E-state index contributed by atoms with van der Waals surface area (Å²) in [4.78, 5) is 38.3. The summed E-state index contributed by atoms with van der Waals surface area (Å²) in [6.07, 6.45) is 1.08. The summed E-state index contributed by atoms with van der Waals surface area (Å²) < 4.78 is 0. The van der Waals surface area contributed by atoms with Gasteiger partial charge >= 0.3 is 0 Å². The standard InChI is InChI=1S/C22H25N3O3/c1-4-16-7-5-8-18(11-16)25-13-17(12-21(25)27)22(28)24-20-10-6-9-19(14(20)2)23-15(3)26/h5-11,17H,4,12-13H2,1-3H3,(H,23,26)(H,24,28)/t17-/m0/s1. The number of hydrogen-bond acceptors (Lipinski definition) is 3. The van der Waals surface area contributed by atoms with Gasteiger partial charge in [-0.05, 0) is 48.7 Å². The maximum absolute atomic E-state index is 12.8. The second-order valence-corrected chi connectivity index (χ2v) is 7.08. The molecule has 0 radical (unpaired) electrons. The summed E-state index contributed by atoms with van der Waals surface area (Å²) in [5, 5.41) is 5.66. The molecular formula is C22H25N3O3. The Kier molecular flexibility index (Phi) is 5.78. The lowest BCUT2D eigenvalue weighted by molar-refractivity contribution is -0.122. The van der Waals surface area contributed by atoms with Gasteiger partial charge in [0.15, 0.2) is 0 Å². The van der Waals surface area contributed by atoms with Gasteiger partial charge in [-0.1, -0.05) is 25.1 Å². The zero-order valence-electron chi connectivity index (χ0n) is 16.4. The van der Waals surface area contributed by atoms with Gasteiger partial charge in [0.25, 0.3) is 0 Å². The highest BCUT2D eigenvalue weighted by atomic mass is 16.2. The maximum atomic E-state index is 12.8. The molecule has 3 amide bonds. The Morgan fingerprint density at radius 3 is 2.46 bits per heavy atom. The Hall–Kier alpha value is -3.15. The van der Waals surface area contributed by atoms with Gasteiger partial charge < -0.3 is 15.5 Å². The molecule has 1 fully saturated rings. The molecule has 0 unspecified atom stereocenters. The van der Waals surface area contributed by atoms with Crippen LogP contribution in [0.15, 0.2) is 42.5 Å². The van der Waals surface area contributed by atoms with Crippen LogP contribution in [-0.4, -0.2) is 24.3 Å². The van der Waals surface area contributed by atoms with Crippen molar-refractivity contribution in [3.63, 3.8) is 0 Å². The minimum Gasteiger partial charge on any atom is -0.326 e. The first kappa shape index (κ1) is 19.6. The van der Waals surface area contributed by atoms with E-state index in [0.29, 0.717) is 17.9 Å². The van der Waals surface area contributed by atoms with Crippen LogP contribution < -0.4 is 15.5 Å². The fourth-order valence-electron chi connectivity index (χ4n) is 3.41. The Morgan fingerprint density at radius 2 is 1.79 bits per heavy atom. The third-order valence-electron chi connectivity index (χ3n) is 5.03. The Labute approximate surface area is 164 Å². The summed E-state index contributed by atoms with van der Waals surface area (Å²) in [6.45, 7) is 5.71. The quantitative estimate of drug-likeness (QED) is 0.834. The average Bonchev–Trinajstić information content (AvgIpc) is 3.06. The van der Waals surface area contributed by atoms with Crippen molar-refractivity contribution in [2.75, 3.05) is 22.1 Å². The van der Waals surface area contributed by atoms with Crippen LogP contribution in [0.1, 0.15) is 31.4 Å². The summed E-state index contributed by atoms with van der Waals surface area (Å²) in [5.41, 5.74) is 4.07. The molecule has 0 aliphatic carbocycles. The van der Waals surface area contributed by atoms with Gasteiger partial charge in [0.2, 0.25) is 17.7 Å². The number of anilines is 3. The normalized spacial score (nSPS) is 16.2. The fourth-order valence-corrected chi connectivity index (χ4v) is 3.41. The molecule has 2 N–H and O–H groups in total. The lowest BCUT2D eigenvalue weighted by Crippen LogP contribution is -2.28. The average molecular weight is 379 g/mol. The molecule has 0 bridgehead atoms. The van der Waals surface area contributed by atoms with Gasteiger partial charge in [-0.2, -0.15) is 0 Å². The summed E-state index contributed by atoms with van der Waals surface area (Å²) in [7, 11) is 0. The molecule has 0 saturated carbocycles. The number of amides is 3. The summed E-state index contributed by atoms with van der Waals surface area (Å²) >= 11 is 0. The van der Waals surface area contributed by atoms with Crippen molar-refractivity contribution < 1.29 is 14.4 Å². The van der Waals surface area contributed by atoms with Crippen LogP contribution in [0.3, 0.4) is 0 Å². The molecule has 1 aliphatic rings. The van der Waals surface area contributed by atoms with Crippen LogP contribution in [0.5, 0.6) is 0 Å². The minimum atomic E-state index is -0.415. The molecule has 0 aromatic heterocycles.